The normalized spacial score (nSPS) is 12.2. The molecule has 1 N–H and O–H groups in total. The molecule has 0 aliphatic rings. The van der Waals surface area contributed by atoms with Crippen LogP contribution in [0.4, 0.5) is 5.69 Å². The molecule has 116 valence electrons. The fraction of sp³-hybridized carbons (Fsp3) is 0.533. The van der Waals surface area contributed by atoms with E-state index in [1.807, 2.05) is 20.0 Å². The predicted molar refractivity (Wildman–Crippen MR) is 87.1 cm³/mol. The molecule has 5 nitrogen and oxygen atoms in total. The molecule has 0 bridgehead atoms. The van der Waals surface area contributed by atoms with E-state index in [1.165, 1.54) is 0 Å². The Hall–Kier alpha value is -1.56. The van der Waals surface area contributed by atoms with Crippen molar-refractivity contribution in [2.45, 2.75) is 39.5 Å². The Bertz CT molecular complexity index is 733. The van der Waals surface area contributed by atoms with Crippen molar-refractivity contribution in [3.8, 4) is 0 Å². The molecule has 1 aromatic heterocycles. The molecular weight excluding hydrogens is 286 g/mol. The van der Waals surface area contributed by atoms with Crippen molar-refractivity contribution in [2.75, 3.05) is 10.5 Å². The maximum Gasteiger partial charge on any atom is 0.232 e. The number of sulfonamides is 1. The average Bonchev–Trinajstić information content (AvgIpc) is 2.73. The van der Waals surface area contributed by atoms with E-state index in [2.05, 4.69) is 28.1 Å². The van der Waals surface area contributed by atoms with Crippen molar-refractivity contribution >= 4 is 26.7 Å². The summed E-state index contributed by atoms with van der Waals surface area (Å²) in [6.45, 7) is 6.16. The number of fused-ring (bicyclic) bond motifs is 1. The molecule has 0 fully saturated rings. The number of hydrogen-bond acceptors (Lipinski definition) is 3. The Morgan fingerprint density at radius 2 is 2.05 bits per heavy atom. The second-order valence-electron chi connectivity index (χ2n) is 5.66. The summed E-state index contributed by atoms with van der Waals surface area (Å²) in [5.41, 5.74) is 2.40. The van der Waals surface area contributed by atoms with Crippen molar-refractivity contribution in [1.29, 1.82) is 0 Å². The Morgan fingerprint density at radius 1 is 1.33 bits per heavy atom. The molecule has 2 aromatic rings. The maximum absolute atomic E-state index is 11.9. The van der Waals surface area contributed by atoms with E-state index in [-0.39, 0.29) is 5.75 Å². The number of rotatable bonds is 6. The molecule has 0 atom stereocenters. The van der Waals surface area contributed by atoms with Crippen LogP contribution in [0.15, 0.2) is 18.2 Å². The van der Waals surface area contributed by atoms with Gasteiger partial charge < -0.3 is 4.57 Å². The highest BCUT2D eigenvalue weighted by atomic mass is 32.2. The van der Waals surface area contributed by atoms with Gasteiger partial charge in [-0.3, -0.25) is 4.72 Å². The highest BCUT2D eigenvalue weighted by Crippen LogP contribution is 2.23. The van der Waals surface area contributed by atoms with E-state index in [1.54, 1.807) is 12.1 Å². The van der Waals surface area contributed by atoms with E-state index in [0.717, 1.165) is 23.3 Å². The molecule has 2 rings (SSSR count). The topological polar surface area (TPSA) is 64.0 Å². The van der Waals surface area contributed by atoms with Gasteiger partial charge in [0.05, 0.1) is 22.5 Å². The number of anilines is 1. The number of nitrogens with zero attached hydrogens (tertiary/aromatic N) is 2. The quantitative estimate of drug-likeness (QED) is 0.891. The zero-order chi connectivity index (χ0) is 15.6. The Labute approximate surface area is 126 Å². The van der Waals surface area contributed by atoms with Crippen LogP contribution in [0, 0.1) is 0 Å². The zero-order valence-electron chi connectivity index (χ0n) is 13.0. The number of aromatic nitrogens is 2. The minimum atomic E-state index is -3.27. The van der Waals surface area contributed by atoms with Crippen LogP contribution in [-0.4, -0.2) is 23.7 Å². The highest BCUT2D eigenvalue weighted by Gasteiger charge is 2.13. The molecule has 0 unspecified atom stereocenters. The number of unbranched alkanes of at least 4 members (excludes halogenated alkanes) is 1. The molecule has 1 heterocycles. The Morgan fingerprint density at radius 3 is 2.67 bits per heavy atom. The summed E-state index contributed by atoms with van der Waals surface area (Å²) in [6, 6.07) is 5.49. The predicted octanol–water partition coefficient (Wildman–Crippen LogP) is 3.24. The van der Waals surface area contributed by atoms with Crippen LogP contribution >= 0.6 is 0 Å². The molecule has 1 aromatic carbocycles. The molecule has 6 heteroatoms. The van der Waals surface area contributed by atoms with Gasteiger partial charge in [0.25, 0.3) is 0 Å². The standard InChI is InChI=1S/C15H23N3O2S/c1-5-6-9-21(19,20)17-12-7-8-14-13(10-12)16-15(11(2)3)18(14)4/h7-8,10-11,17H,5-6,9H2,1-4H3. The Balaban J connectivity index is 2.31. The van der Waals surface area contributed by atoms with Crippen LogP contribution in [-0.2, 0) is 17.1 Å². The number of imidazole rings is 1. The van der Waals surface area contributed by atoms with E-state index in [9.17, 15) is 8.42 Å². The first-order valence-corrected chi connectivity index (χ1v) is 8.96. The summed E-state index contributed by atoms with van der Waals surface area (Å²) >= 11 is 0. The molecule has 0 aliphatic carbocycles. The van der Waals surface area contributed by atoms with Crippen LogP contribution in [0.2, 0.25) is 0 Å². The molecule has 0 saturated heterocycles. The lowest BCUT2D eigenvalue weighted by atomic mass is 10.2. The summed E-state index contributed by atoms with van der Waals surface area (Å²) < 4.78 is 28.6. The highest BCUT2D eigenvalue weighted by molar-refractivity contribution is 7.92. The summed E-state index contributed by atoms with van der Waals surface area (Å²) in [4.78, 5) is 4.59. The van der Waals surface area contributed by atoms with Crippen LogP contribution < -0.4 is 4.72 Å². The van der Waals surface area contributed by atoms with Gasteiger partial charge in [0.1, 0.15) is 5.82 Å². The number of aryl methyl sites for hydroxylation is 1. The molecule has 21 heavy (non-hydrogen) atoms. The lowest BCUT2D eigenvalue weighted by molar-refractivity contribution is 0.598. The summed E-state index contributed by atoms with van der Waals surface area (Å²) in [7, 11) is -1.29. The van der Waals surface area contributed by atoms with E-state index >= 15 is 0 Å². The summed E-state index contributed by atoms with van der Waals surface area (Å²) in [5, 5.41) is 0. The maximum atomic E-state index is 11.9. The molecule has 0 aliphatic heterocycles. The third-order valence-corrected chi connectivity index (χ3v) is 4.84. The van der Waals surface area contributed by atoms with Gasteiger partial charge in [0.15, 0.2) is 0 Å². The van der Waals surface area contributed by atoms with Crippen molar-refractivity contribution in [1.82, 2.24) is 9.55 Å². The lowest BCUT2D eigenvalue weighted by Gasteiger charge is -2.07. The van der Waals surface area contributed by atoms with Crippen LogP contribution in [0.3, 0.4) is 0 Å². The smallest absolute Gasteiger partial charge is 0.232 e. The van der Waals surface area contributed by atoms with Gasteiger partial charge in [-0.1, -0.05) is 27.2 Å². The first kappa shape index (κ1) is 15.8. The first-order chi connectivity index (χ1) is 9.84. The lowest BCUT2D eigenvalue weighted by Crippen LogP contribution is -2.16. The van der Waals surface area contributed by atoms with Crippen molar-refractivity contribution in [3.63, 3.8) is 0 Å². The number of nitrogens with one attached hydrogen (secondary N) is 1. The van der Waals surface area contributed by atoms with Crippen molar-refractivity contribution in [3.05, 3.63) is 24.0 Å². The van der Waals surface area contributed by atoms with Gasteiger partial charge in [-0.2, -0.15) is 0 Å². The summed E-state index contributed by atoms with van der Waals surface area (Å²) in [5.74, 6) is 1.48. The third kappa shape index (κ3) is 3.56. The van der Waals surface area contributed by atoms with E-state index in [4.69, 9.17) is 0 Å². The van der Waals surface area contributed by atoms with Crippen LogP contribution in [0.1, 0.15) is 45.4 Å². The second-order valence-corrected chi connectivity index (χ2v) is 7.50. The van der Waals surface area contributed by atoms with Gasteiger partial charge in [-0.15, -0.1) is 0 Å². The van der Waals surface area contributed by atoms with Crippen molar-refractivity contribution < 1.29 is 8.42 Å². The molecule has 0 spiro atoms. The van der Waals surface area contributed by atoms with Crippen LogP contribution in [0.5, 0.6) is 0 Å². The monoisotopic (exact) mass is 309 g/mol. The minimum absolute atomic E-state index is 0.154. The molecule has 0 saturated carbocycles. The van der Waals surface area contributed by atoms with Gasteiger partial charge in [-0.05, 0) is 24.6 Å². The molecule has 0 amide bonds. The average molecular weight is 309 g/mol. The van der Waals surface area contributed by atoms with Gasteiger partial charge >= 0.3 is 0 Å². The Kier molecular flexibility index (Phi) is 4.56. The van der Waals surface area contributed by atoms with Crippen molar-refractivity contribution in [2.24, 2.45) is 7.05 Å². The van der Waals surface area contributed by atoms with Gasteiger partial charge in [0, 0.05) is 13.0 Å². The largest absolute Gasteiger partial charge is 0.331 e. The number of hydrogen-bond donors (Lipinski definition) is 1. The van der Waals surface area contributed by atoms with E-state index in [0.29, 0.717) is 18.0 Å². The minimum Gasteiger partial charge on any atom is -0.331 e. The van der Waals surface area contributed by atoms with Crippen LogP contribution in [0.25, 0.3) is 11.0 Å². The zero-order valence-corrected chi connectivity index (χ0v) is 13.9. The fourth-order valence-corrected chi connectivity index (χ4v) is 3.62. The van der Waals surface area contributed by atoms with Gasteiger partial charge in [-0.25, -0.2) is 13.4 Å². The summed E-state index contributed by atoms with van der Waals surface area (Å²) in [6.07, 6.45) is 1.52. The first-order valence-electron chi connectivity index (χ1n) is 7.31. The number of benzene rings is 1. The van der Waals surface area contributed by atoms with Gasteiger partial charge in [0.2, 0.25) is 10.0 Å². The van der Waals surface area contributed by atoms with E-state index < -0.39 is 10.0 Å². The SMILES string of the molecule is CCCCS(=O)(=O)Nc1ccc2c(c1)nc(C(C)C)n2C. The fourth-order valence-electron chi connectivity index (χ4n) is 2.36. The second kappa shape index (κ2) is 6.05. The molecule has 0 radical (unpaired) electrons. The third-order valence-electron chi connectivity index (χ3n) is 3.47. The molecular formula is C15H23N3O2S.